The first kappa shape index (κ1) is 55.5. The fraction of sp³-hybridized carbons (Fsp3) is 0.981. The lowest BCUT2D eigenvalue weighted by atomic mass is 9.93. The van der Waals surface area contributed by atoms with Gasteiger partial charge >= 0.3 is 5.97 Å². The van der Waals surface area contributed by atoms with Crippen molar-refractivity contribution in [3.05, 3.63) is 0 Å². The zero-order valence-electron chi connectivity index (χ0n) is 39.7. The smallest absolute Gasteiger partial charge is 0.308 e. The minimum absolute atomic E-state index is 0.128. The molecule has 0 fully saturated rings. The van der Waals surface area contributed by atoms with Gasteiger partial charge in [0, 0.05) is 0 Å². The Morgan fingerprint density at radius 1 is 0.286 bits per heavy atom. The summed E-state index contributed by atoms with van der Waals surface area (Å²) in [5.41, 5.74) is 0. The second kappa shape index (κ2) is 48.8. The molecule has 1 atom stereocenters. The van der Waals surface area contributed by atoms with Crippen molar-refractivity contribution in [3.63, 3.8) is 0 Å². The molecule has 0 heterocycles. The van der Waals surface area contributed by atoms with E-state index < -0.39 is 0 Å². The molecule has 0 saturated carbocycles. The van der Waals surface area contributed by atoms with Crippen molar-refractivity contribution in [1.29, 1.82) is 0 Å². The molecule has 0 rings (SSSR count). The van der Waals surface area contributed by atoms with E-state index in [0.29, 0.717) is 12.5 Å². The number of hydrogen-bond acceptors (Lipinski definition) is 2. The molecule has 0 radical (unpaired) electrons. The molecule has 0 bridgehead atoms. The van der Waals surface area contributed by atoms with Gasteiger partial charge in [-0.15, -0.1) is 0 Å². The Balaban J connectivity index is 4.74. The van der Waals surface area contributed by atoms with Crippen LogP contribution in [-0.2, 0) is 9.53 Å². The number of carbonyl (C=O) groups excluding carboxylic acids is 1. The highest BCUT2D eigenvalue weighted by Crippen LogP contribution is 2.25. The lowest BCUT2D eigenvalue weighted by Gasteiger charge is -2.21. The number of unbranched alkanes of at least 4 members (excludes halogenated alkanes) is 38. The maximum Gasteiger partial charge on any atom is 0.308 e. The summed E-state index contributed by atoms with van der Waals surface area (Å²) in [6, 6.07) is 0. The van der Waals surface area contributed by atoms with Gasteiger partial charge in [-0.05, 0) is 31.6 Å². The average molecular weight is 789 g/mol. The molecule has 0 spiro atoms. The number of esters is 1. The van der Waals surface area contributed by atoms with Gasteiger partial charge in [-0.25, -0.2) is 0 Å². The predicted molar refractivity (Wildman–Crippen MR) is 253 cm³/mol. The standard InChI is InChI=1S/C54H108O2/c1-5-9-13-17-21-25-28-29-30-31-34-38-42-46-50-53(49-45-41-37-24-20-16-12-8-4)54(55)56-51-52(47-43-39-35-32-26-22-18-14-10-6-2)48-44-40-36-33-27-23-19-15-11-7-3/h52-53H,5-51H2,1-4H3. The summed E-state index contributed by atoms with van der Waals surface area (Å²) in [5.74, 6) is 0.841. The molecule has 0 saturated heterocycles. The summed E-state index contributed by atoms with van der Waals surface area (Å²) < 4.78 is 6.30. The van der Waals surface area contributed by atoms with Crippen LogP contribution in [0.4, 0.5) is 0 Å². The Hall–Kier alpha value is -0.530. The summed E-state index contributed by atoms with van der Waals surface area (Å²) in [4.78, 5) is 13.7. The molecule has 2 nitrogen and oxygen atoms in total. The molecule has 0 N–H and O–H groups in total. The molecular weight excluding hydrogens is 681 g/mol. The molecule has 1 unspecified atom stereocenters. The number of rotatable bonds is 49. The third-order valence-electron chi connectivity index (χ3n) is 13.0. The van der Waals surface area contributed by atoms with Gasteiger partial charge in [0.2, 0.25) is 0 Å². The minimum atomic E-state index is 0.128. The van der Waals surface area contributed by atoms with E-state index in [1.54, 1.807) is 0 Å². The van der Waals surface area contributed by atoms with Gasteiger partial charge in [0.1, 0.15) is 0 Å². The maximum absolute atomic E-state index is 13.7. The Kier molecular flexibility index (Phi) is 48.4. The lowest BCUT2D eigenvalue weighted by Crippen LogP contribution is -2.22. The molecule has 2 heteroatoms. The third-order valence-corrected chi connectivity index (χ3v) is 13.0. The van der Waals surface area contributed by atoms with Crippen molar-refractivity contribution in [3.8, 4) is 0 Å². The Morgan fingerprint density at radius 3 is 0.714 bits per heavy atom. The second-order valence-corrected chi connectivity index (χ2v) is 18.8. The molecule has 0 aromatic rings. The molecule has 0 amide bonds. The Bertz CT molecular complexity index is 693. The van der Waals surface area contributed by atoms with Crippen LogP contribution in [0.15, 0.2) is 0 Å². The van der Waals surface area contributed by atoms with Crippen LogP contribution in [0.3, 0.4) is 0 Å². The average Bonchev–Trinajstić information content (AvgIpc) is 3.21. The van der Waals surface area contributed by atoms with Crippen LogP contribution >= 0.6 is 0 Å². The van der Waals surface area contributed by atoms with Crippen molar-refractivity contribution in [2.24, 2.45) is 11.8 Å². The fourth-order valence-electron chi connectivity index (χ4n) is 8.96. The van der Waals surface area contributed by atoms with Crippen LogP contribution in [0.25, 0.3) is 0 Å². The number of carbonyl (C=O) groups is 1. The van der Waals surface area contributed by atoms with E-state index >= 15 is 0 Å². The maximum atomic E-state index is 13.7. The molecule has 56 heavy (non-hydrogen) atoms. The minimum Gasteiger partial charge on any atom is -0.465 e. The van der Waals surface area contributed by atoms with Crippen LogP contribution in [0.1, 0.15) is 323 Å². The van der Waals surface area contributed by atoms with E-state index in [-0.39, 0.29) is 11.9 Å². The quantitative estimate of drug-likeness (QED) is 0.0453. The van der Waals surface area contributed by atoms with Gasteiger partial charge < -0.3 is 4.74 Å². The predicted octanol–water partition coefficient (Wildman–Crippen LogP) is 19.8. The van der Waals surface area contributed by atoms with E-state index in [1.807, 2.05) is 0 Å². The second-order valence-electron chi connectivity index (χ2n) is 18.8. The van der Waals surface area contributed by atoms with E-state index in [9.17, 15) is 4.79 Å². The van der Waals surface area contributed by atoms with Gasteiger partial charge in [-0.3, -0.25) is 4.79 Å². The van der Waals surface area contributed by atoms with Crippen molar-refractivity contribution in [2.45, 2.75) is 323 Å². The highest BCUT2D eigenvalue weighted by Gasteiger charge is 2.21. The summed E-state index contributed by atoms with van der Waals surface area (Å²) in [5, 5.41) is 0. The zero-order chi connectivity index (χ0) is 40.7. The molecule has 0 aromatic heterocycles. The molecule has 0 aromatic carbocycles. The van der Waals surface area contributed by atoms with Crippen LogP contribution in [0.5, 0.6) is 0 Å². The monoisotopic (exact) mass is 789 g/mol. The number of hydrogen-bond donors (Lipinski definition) is 0. The van der Waals surface area contributed by atoms with Crippen LogP contribution < -0.4 is 0 Å². The number of ether oxygens (including phenoxy) is 1. The first-order valence-electron chi connectivity index (χ1n) is 26.9. The molecule has 0 aliphatic heterocycles. The summed E-state index contributed by atoms with van der Waals surface area (Å²) in [6.45, 7) is 9.90. The SMILES string of the molecule is CCCCCCCCCCCCCCCCC(CCCCCCCCCC)C(=O)OCC(CCCCCCCCCCCC)CCCCCCCCCCCC. The first-order chi connectivity index (χ1) is 27.7. The summed E-state index contributed by atoms with van der Waals surface area (Å²) in [7, 11) is 0. The molecule has 336 valence electrons. The van der Waals surface area contributed by atoms with Gasteiger partial charge in [0.05, 0.1) is 12.5 Å². The fourth-order valence-corrected chi connectivity index (χ4v) is 8.96. The van der Waals surface area contributed by atoms with Gasteiger partial charge in [0.15, 0.2) is 0 Å². The largest absolute Gasteiger partial charge is 0.465 e. The van der Waals surface area contributed by atoms with E-state index in [4.69, 9.17) is 4.74 Å². The Morgan fingerprint density at radius 2 is 0.482 bits per heavy atom. The van der Waals surface area contributed by atoms with Crippen molar-refractivity contribution >= 4 is 5.97 Å². The topological polar surface area (TPSA) is 26.3 Å². The van der Waals surface area contributed by atoms with E-state index in [0.717, 1.165) is 12.8 Å². The third kappa shape index (κ3) is 43.1. The van der Waals surface area contributed by atoms with Crippen LogP contribution in [-0.4, -0.2) is 12.6 Å². The highest BCUT2D eigenvalue weighted by atomic mass is 16.5. The van der Waals surface area contributed by atoms with Gasteiger partial charge in [0.25, 0.3) is 0 Å². The van der Waals surface area contributed by atoms with Crippen molar-refractivity contribution < 1.29 is 9.53 Å². The van der Waals surface area contributed by atoms with Crippen LogP contribution in [0.2, 0.25) is 0 Å². The first-order valence-corrected chi connectivity index (χ1v) is 26.9. The Labute approximate surface area is 355 Å². The summed E-state index contributed by atoms with van der Waals surface area (Å²) >= 11 is 0. The lowest BCUT2D eigenvalue weighted by molar-refractivity contribution is -0.150. The molecule has 0 aliphatic rings. The van der Waals surface area contributed by atoms with Crippen molar-refractivity contribution in [2.75, 3.05) is 6.61 Å². The summed E-state index contributed by atoms with van der Waals surface area (Å²) in [6.07, 6.45) is 62.6. The highest BCUT2D eigenvalue weighted by molar-refractivity contribution is 5.72. The molecular formula is C54H108O2. The van der Waals surface area contributed by atoms with Gasteiger partial charge in [-0.2, -0.15) is 0 Å². The van der Waals surface area contributed by atoms with Gasteiger partial charge in [-0.1, -0.05) is 297 Å². The van der Waals surface area contributed by atoms with Crippen LogP contribution in [0, 0.1) is 11.8 Å². The van der Waals surface area contributed by atoms with Crippen molar-refractivity contribution in [1.82, 2.24) is 0 Å². The normalized spacial score (nSPS) is 12.2. The van der Waals surface area contributed by atoms with E-state index in [1.165, 1.54) is 283 Å². The molecule has 0 aliphatic carbocycles. The van der Waals surface area contributed by atoms with E-state index in [2.05, 4.69) is 27.7 Å². The zero-order valence-corrected chi connectivity index (χ0v) is 39.7.